The molecule has 0 fully saturated rings. The Morgan fingerprint density at radius 3 is 2.54 bits per heavy atom. The summed E-state index contributed by atoms with van der Waals surface area (Å²) in [5.41, 5.74) is 4.38. The molecule has 0 amide bonds. The van der Waals surface area contributed by atoms with Crippen molar-refractivity contribution in [1.29, 1.82) is 0 Å². The van der Waals surface area contributed by atoms with Crippen LogP contribution in [-0.2, 0) is 19.3 Å². The zero-order chi connectivity index (χ0) is 16.9. The summed E-state index contributed by atoms with van der Waals surface area (Å²) in [6, 6.07) is 11.8. The first-order valence-corrected chi connectivity index (χ1v) is 8.42. The average Bonchev–Trinajstić information content (AvgIpc) is 3.24. The van der Waals surface area contributed by atoms with Crippen LogP contribution < -0.4 is 0 Å². The van der Waals surface area contributed by atoms with Gasteiger partial charge in [0.15, 0.2) is 0 Å². The molecule has 0 unspecified atom stereocenters. The molecule has 0 radical (unpaired) electrons. The molecule has 0 atom stereocenters. The van der Waals surface area contributed by atoms with E-state index >= 15 is 0 Å². The van der Waals surface area contributed by atoms with E-state index in [1.807, 2.05) is 18.2 Å². The molecule has 24 heavy (non-hydrogen) atoms. The Morgan fingerprint density at radius 2 is 1.92 bits per heavy atom. The third-order valence-corrected chi connectivity index (χ3v) is 4.10. The first-order valence-electron chi connectivity index (χ1n) is 8.42. The molecular formula is C19H22N4O. The molecule has 0 N–H and O–H groups in total. The van der Waals surface area contributed by atoms with Gasteiger partial charge in [-0.3, -0.25) is 0 Å². The van der Waals surface area contributed by atoms with Crippen molar-refractivity contribution in [1.82, 2.24) is 19.6 Å². The molecule has 3 rings (SSSR count). The molecule has 3 aromatic rings. The zero-order valence-corrected chi connectivity index (χ0v) is 14.1. The van der Waals surface area contributed by atoms with E-state index in [-0.39, 0.29) is 6.03 Å². The highest BCUT2D eigenvalue weighted by Crippen LogP contribution is 2.21. The molecule has 0 saturated heterocycles. The first kappa shape index (κ1) is 16.2. The quantitative estimate of drug-likeness (QED) is 0.719. The van der Waals surface area contributed by atoms with E-state index in [1.165, 1.54) is 20.5 Å². The van der Waals surface area contributed by atoms with Crippen LogP contribution in [0.1, 0.15) is 42.8 Å². The maximum Gasteiger partial charge on any atom is 0.369 e. The summed E-state index contributed by atoms with van der Waals surface area (Å²) >= 11 is 0. The molecule has 5 heteroatoms. The van der Waals surface area contributed by atoms with E-state index in [4.69, 9.17) is 0 Å². The van der Waals surface area contributed by atoms with Crippen molar-refractivity contribution in [3.63, 3.8) is 0 Å². The summed E-state index contributed by atoms with van der Waals surface area (Å²) < 4.78 is 2.85. The van der Waals surface area contributed by atoms with Crippen molar-refractivity contribution < 1.29 is 4.79 Å². The largest absolute Gasteiger partial charge is 0.369 e. The third kappa shape index (κ3) is 3.15. The lowest BCUT2D eigenvalue weighted by atomic mass is 10.0. The van der Waals surface area contributed by atoms with Crippen molar-refractivity contribution >= 4 is 6.03 Å². The van der Waals surface area contributed by atoms with Gasteiger partial charge in [0.25, 0.3) is 0 Å². The monoisotopic (exact) mass is 322 g/mol. The fourth-order valence-corrected chi connectivity index (χ4v) is 3.01. The van der Waals surface area contributed by atoms with Crippen LogP contribution in [0.2, 0.25) is 0 Å². The lowest BCUT2D eigenvalue weighted by Crippen LogP contribution is -2.23. The number of carbonyl (C=O) groups excluding carboxylic acids is 1. The molecule has 2 aromatic heterocycles. The standard InChI is InChI=1S/C19H22N4O/c1-3-9-16-17(14-15-10-6-5-7-11-15)21-23(18(16)4-2)19(24)22-13-8-12-20-22/h5-8,10-13H,3-4,9,14H2,1-2H3. The van der Waals surface area contributed by atoms with Gasteiger partial charge in [0.1, 0.15) is 0 Å². The maximum absolute atomic E-state index is 12.7. The topological polar surface area (TPSA) is 52.7 Å². The van der Waals surface area contributed by atoms with Crippen LogP contribution in [-0.4, -0.2) is 25.6 Å². The zero-order valence-electron chi connectivity index (χ0n) is 14.1. The normalized spacial score (nSPS) is 10.9. The molecule has 1 aromatic carbocycles. The Hall–Kier alpha value is -2.69. The molecule has 0 spiro atoms. The van der Waals surface area contributed by atoms with Crippen molar-refractivity contribution in [2.75, 3.05) is 0 Å². The van der Waals surface area contributed by atoms with E-state index in [0.29, 0.717) is 0 Å². The highest BCUT2D eigenvalue weighted by Gasteiger charge is 2.21. The van der Waals surface area contributed by atoms with E-state index < -0.39 is 0 Å². The van der Waals surface area contributed by atoms with Crippen LogP contribution >= 0.6 is 0 Å². The van der Waals surface area contributed by atoms with E-state index in [2.05, 4.69) is 36.2 Å². The van der Waals surface area contributed by atoms with Gasteiger partial charge in [-0.2, -0.15) is 19.6 Å². The van der Waals surface area contributed by atoms with Crippen LogP contribution in [0.15, 0.2) is 48.8 Å². The molecular weight excluding hydrogens is 300 g/mol. The molecule has 0 bridgehead atoms. The van der Waals surface area contributed by atoms with Crippen LogP contribution in [0.25, 0.3) is 0 Å². The second-order valence-electron chi connectivity index (χ2n) is 5.78. The predicted octanol–water partition coefficient (Wildman–Crippen LogP) is 3.70. The number of rotatable bonds is 5. The summed E-state index contributed by atoms with van der Waals surface area (Å²) in [5, 5.41) is 8.70. The number of benzene rings is 1. The van der Waals surface area contributed by atoms with Gasteiger partial charge in [0.2, 0.25) is 0 Å². The van der Waals surface area contributed by atoms with Gasteiger partial charge in [0.05, 0.1) is 11.4 Å². The van der Waals surface area contributed by atoms with Gasteiger partial charge in [-0.25, -0.2) is 4.79 Å². The maximum atomic E-state index is 12.7. The van der Waals surface area contributed by atoms with Gasteiger partial charge >= 0.3 is 6.03 Å². The van der Waals surface area contributed by atoms with Gasteiger partial charge < -0.3 is 0 Å². The van der Waals surface area contributed by atoms with Gasteiger partial charge in [-0.15, -0.1) is 0 Å². The number of aromatic nitrogens is 4. The van der Waals surface area contributed by atoms with Gasteiger partial charge in [0, 0.05) is 18.8 Å². The Labute approximate surface area is 141 Å². The molecule has 0 aliphatic heterocycles. The summed E-state index contributed by atoms with van der Waals surface area (Å²) in [6.07, 6.45) is 6.71. The lowest BCUT2D eigenvalue weighted by molar-refractivity contribution is 0.237. The van der Waals surface area contributed by atoms with E-state index in [9.17, 15) is 4.79 Å². The SMILES string of the molecule is CCCc1c(Cc2ccccc2)nn(C(=O)n2cccn2)c1CC. The summed E-state index contributed by atoms with van der Waals surface area (Å²) in [6.45, 7) is 4.22. The number of hydrogen-bond acceptors (Lipinski definition) is 3. The van der Waals surface area contributed by atoms with Gasteiger partial charge in [-0.05, 0) is 30.0 Å². The average molecular weight is 322 g/mol. The molecule has 0 aliphatic carbocycles. The van der Waals surface area contributed by atoms with E-state index in [0.717, 1.165) is 37.1 Å². The minimum Gasteiger partial charge on any atom is -0.244 e. The van der Waals surface area contributed by atoms with Crippen LogP contribution in [0.3, 0.4) is 0 Å². The predicted molar refractivity (Wildman–Crippen MR) is 93.3 cm³/mol. The molecule has 0 saturated carbocycles. The van der Waals surface area contributed by atoms with Crippen LogP contribution in [0.4, 0.5) is 4.79 Å². The third-order valence-electron chi connectivity index (χ3n) is 4.10. The van der Waals surface area contributed by atoms with Crippen molar-refractivity contribution in [3.05, 3.63) is 71.3 Å². The second kappa shape index (κ2) is 7.25. The lowest BCUT2D eigenvalue weighted by Gasteiger charge is -2.06. The minimum absolute atomic E-state index is 0.228. The Morgan fingerprint density at radius 1 is 1.12 bits per heavy atom. The fraction of sp³-hybridized carbons (Fsp3) is 0.316. The van der Waals surface area contributed by atoms with Crippen molar-refractivity contribution in [3.8, 4) is 0 Å². The fourth-order valence-electron chi connectivity index (χ4n) is 3.01. The van der Waals surface area contributed by atoms with E-state index in [1.54, 1.807) is 18.5 Å². The molecule has 2 heterocycles. The second-order valence-corrected chi connectivity index (χ2v) is 5.78. The Kier molecular flexibility index (Phi) is 4.89. The summed E-state index contributed by atoms with van der Waals surface area (Å²) in [5.74, 6) is 0. The summed E-state index contributed by atoms with van der Waals surface area (Å²) in [4.78, 5) is 12.7. The molecule has 124 valence electrons. The minimum atomic E-state index is -0.228. The van der Waals surface area contributed by atoms with Gasteiger partial charge in [-0.1, -0.05) is 50.6 Å². The Balaban J connectivity index is 2.03. The smallest absolute Gasteiger partial charge is 0.244 e. The van der Waals surface area contributed by atoms with Crippen LogP contribution in [0, 0.1) is 0 Å². The first-order chi connectivity index (χ1) is 11.7. The Bertz CT molecular complexity index is 804. The molecule has 5 nitrogen and oxygen atoms in total. The summed E-state index contributed by atoms with van der Waals surface area (Å²) in [7, 11) is 0. The number of hydrogen-bond donors (Lipinski definition) is 0. The van der Waals surface area contributed by atoms with Crippen molar-refractivity contribution in [2.45, 2.75) is 39.5 Å². The number of carbonyl (C=O) groups is 1. The van der Waals surface area contributed by atoms with Crippen LogP contribution in [0.5, 0.6) is 0 Å². The highest BCUT2D eigenvalue weighted by atomic mass is 16.2. The number of nitrogens with zero attached hydrogens (tertiary/aromatic N) is 4. The molecule has 0 aliphatic rings. The van der Waals surface area contributed by atoms with Crippen molar-refractivity contribution in [2.24, 2.45) is 0 Å². The highest BCUT2D eigenvalue weighted by molar-refractivity contribution is 5.78.